The predicted molar refractivity (Wildman–Crippen MR) is 98.7 cm³/mol. The Labute approximate surface area is 165 Å². The third-order valence-electron chi connectivity index (χ3n) is 4.16. The monoisotopic (exact) mass is 404 g/mol. The molecule has 0 amide bonds. The number of hydrogen-bond acceptors (Lipinski definition) is 6. The van der Waals surface area contributed by atoms with E-state index in [1.54, 1.807) is 42.5 Å². The van der Waals surface area contributed by atoms with Gasteiger partial charge in [0, 0.05) is 15.6 Å². The van der Waals surface area contributed by atoms with Crippen molar-refractivity contribution in [2.45, 2.75) is 13.0 Å². The zero-order valence-electron chi connectivity index (χ0n) is 14.0. The first-order valence-corrected chi connectivity index (χ1v) is 9.00. The second-order valence-electron chi connectivity index (χ2n) is 6.08. The molecule has 1 aliphatic heterocycles. The van der Waals surface area contributed by atoms with Crippen molar-refractivity contribution >= 4 is 29.2 Å². The van der Waals surface area contributed by atoms with E-state index in [2.05, 4.69) is 10.2 Å². The van der Waals surface area contributed by atoms with Crippen LogP contribution in [0.3, 0.4) is 0 Å². The van der Waals surface area contributed by atoms with Gasteiger partial charge < -0.3 is 13.9 Å². The molecule has 1 unspecified atom stereocenters. The summed E-state index contributed by atoms with van der Waals surface area (Å²) < 4.78 is 16.5. The van der Waals surface area contributed by atoms with Crippen molar-refractivity contribution in [3.63, 3.8) is 0 Å². The molecule has 0 saturated carbocycles. The van der Waals surface area contributed by atoms with Crippen LogP contribution in [0.4, 0.5) is 0 Å². The molecule has 2 heterocycles. The molecule has 3 aromatic rings. The molecule has 8 heteroatoms. The molecule has 0 aliphatic carbocycles. The fraction of sp³-hybridized carbons (Fsp3) is 0.211. The molecule has 0 radical (unpaired) electrons. The van der Waals surface area contributed by atoms with Gasteiger partial charge in [0.1, 0.15) is 12.4 Å². The molecule has 2 aromatic carbocycles. The van der Waals surface area contributed by atoms with Crippen molar-refractivity contribution in [3.05, 3.63) is 64.0 Å². The van der Waals surface area contributed by atoms with Crippen molar-refractivity contribution in [1.82, 2.24) is 10.2 Å². The summed E-state index contributed by atoms with van der Waals surface area (Å²) in [6, 6.07) is 12.4. The van der Waals surface area contributed by atoms with Crippen LogP contribution in [0.25, 0.3) is 11.5 Å². The van der Waals surface area contributed by atoms with Crippen LogP contribution in [0, 0.1) is 5.92 Å². The van der Waals surface area contributed by atoms with E-state index < -0.39 is 5.92 Å². The lowest BCUT2D eigenvalue weighted by atomic mass is 9.97. The molecule has 1 aromatic heterocycles. The van der Waals surface area contributed by atoms with Crippen LogP contribution in [-0.4, -0.2) is 22.8 Å². The molecule has 0 saturated heterocycles. The van der Waals surface area contributed by atoms with Crippen molar-refractivity contribution in [3.8, 4) is 17.2 Å². The quantitative estimate of drug-likeness (QED) is 0.602. The average Bonchev–Trinajstić information content (AvgIpc) is 3.15. The molecule has 1 atom stereocenters. The number of carbonyl (C=O) groups is 1. The maximum Gasteiger partial charge on any atom is 0.313 e. The first-order valence-electron chi connectivity index (χ1n) is 8.24. The fourth-order valence-corrected chi connectivity index (χ4v) is 3.11. The number of rotatable bonds is 4. The van der Waals surface area contributed by atoms with E-state index in [0.29, 0.717) is 22.4 Å². The maximum atomic E-state index is 12.3. The van der Waals surface area contributed by atoms with Crippen molar-refractivity contribution in [1.29, 1.82) is 0 Å². The first-order chi connectivity index (χ1) is 13.1. The molecule has 27 heavy (non-hydrogen) atoms. The average molecular weight is 405 g/mol. The van der Waals surface area contributed by atoms with E-state index >= 15 is 0 Å². The van der Waals surface area contributed by atoms with E-state index in [1.165, 1.54) is 0 Å². The second kappa shape index (κ2) is 7.58. The van der Waals surface area contributed by atoms with Gasteiger partial charge in [0.2, 0.25) is 5.89 Å². The van der Waals surface area contributed by atoms with E-state index in [0.717, 1.165) is 16.9 Å². The van der Waals surface area contributed by atoms with Crippen LogP contribution in [0.15, 0.2) is 46.9 Å². The lowest BCUT2D eigenvalue weighted by molar-refractivity contribution is -0.152. The van der Waals surface area contributed by atoms with Crippen LogP contribution in [0.1, 0.15) is 11.5 Å². The van der Waals surface area contributed by atoms with Gasteiger partial charge in [-0.1, -0.05) is 23.2 Å². The standard InChI is InChI=1S/C19H14Cl2N2O4/c20-14-3-1-11(2-4-14)18-23-22-17(27-18)10-26-19(24)13-7-12-8-15(21)5-6-16(12)25-9-13/h1-6,8,13H,7,9-10H2. The number of benzene rings is 2. The topological polar surface area (TPSA) is 74.5 Å². The number of esters is 1. The van der Waals surface area contributed by atoms with Crippen LogP contribution in [-0.2, 0) is 22.6 Å². The smallest absolute Gasteiger partial charge is 0.313 e. The third kappa shape index (κ3) is 4.07. The van der Waals surface area contributed by atoms with E-state index in [9.17, 15) is 4.79 Å². The SMILES string of the molecule is O=C(OCc1nnc(-c2ccc(Cl)cc2)o1)C1COc2ccc(Cl)cc2C1. The number of nitrogens with zero attached hydrogens (tertiary/aromatic N) is 2. The Kier molecular flexibility index (Phi) is 5.01. The highest BCUT2D eigenvalue weighted by Gasteiger charge is 2.28. The summed E-state index contributed by atoms with van der Waals surface area (Å²) in [6.45, 7) is 0.158. The first kappa shape index (κ1) is 17.8. The predicted octanol–water partition coefficient (Wildman–Crippen LogP) is 4.34. The highest BCUT2D eigenvalue weighted by molar-refractivity contribution is 6.30. The van der Waals surface area contributed by atoms with Crippen LogP contribution in [0.5, 0.6) is 5.75 Å². The number of carbonyl (C=O) groups excluding carboxylic acids is 1. The Balaban J connectivity index is 1.36. The van der Waals surface area contributed by atoms with Gasteiger partial charge in [-0.3, -0.25) is 4.79 Å². The molecule has 0 bridgehead atoms. The van der Waals surface area contributed by atoms with Crippen molar-refractivity contribution in [2.24, 2.45) is 5.92 Å². The van der Waals surface area contributed by atoms with Crippen molar-refractivity contribution < 1.29 is 18.7 Å². The van der Waals surface area contributed by atoms with E-state index in [-0.39, 0.29) is 25.1 Å². The minimum absolute atomic E-state index is 0.0989. The molecule has 6 nitrogen and oxygen atoms in total. The summed E-state index contributed by atoms with van der Waals surface area (Å²) in [5.74, 6) is 0.505. The molecular formula is C19H14Cl2N2O4. The Morgan fingerprint density at radius 3 is 2.70 bits per heavy atom. The number of ether oxygens (including phenoxy) is 2. The maximum absolute atomic E-state index is 12.3. The van der Waals surface area contributed by atoms with Gasteiger partial charge >= 0.3 is 5.97 Å². The summed E-state index contributed by atoms with van der Waals surface area (Å²) in [7, 11) is 0. The Hall–Kier alpha value is -2.57. The van der Waals surface area contributed by atoms with Gasteiger partial charge in [-0.25, -0.2) is 0 Å². The summed E-state index contributed by atoms with van der Waals surface area (Å²) >= 11 is 11.9. The molecule has 0 fully saturated rings. The summed E-state index contributed by atoms with van der Waals surface area (Å²) in [4.78, 5) is 12.3. The zero-order chi connectivity index (χ0) is 18.8. The molecule has 0 N–H and O–H groups in total. The Morgan fingerprint density at radius 1 is 1.11 bits per heavy atom. The largest absolute Gasteiger partial charge is 0.492 e. The minimum atomic E-state index is -0.408. The number of halogens is 2. The highest BCUT2D eigenvalue weighted by Crippen LogP contribution is 2.30. The highest BCUT2D eigenvalue weighted by atomic mass is 35.5. The van der Waals surface area contributed by atoms with Gasteiger partial charge in [-0.2, -0.15) is 0 Å². The van der Waals surface area contributed by atoms with E-state index in [4.69, 9.17) is 37.1 Å². The summed E-state index contributed by atoms with van der Waals surface area (Å²) in [5, 5.41) is 9.08. The minimum Gasteiger partial charge on any atom is -0.492 e. The summed E-state index contributed by atoms with van der Waals surface area (Å²) in [6.07, 6.45) is 0.509. The summed E-state index contributed by atoms with van der Waals surface area (Å²) in [5.41, 5.74) is 1.62. The van der Waals surface area contributed by atoms with E-state index in [1.807, 2.05) is 0 Å². The number of aromatic nitrogens is 2. The molecule has 138 valence electrons. The molecule has 0 spiro atoms. The van der Waals surface area contributed by atoms with Gasteiger partial charge in [0.05, 0.1) is 5.92 Å². The van der Waals surface area contributed by atoms with Crippen LogP contribution < -0.4 is 4.74 Å². The molecule has 1 aliphatic rings. The van der Waals surface area contributed by atoms with Gasteiger partial charge in [-0.15, -0.1) is 10.2 Å². The normalized spacial score (nSPS) is 15.7. The van der Waals surface area contributed by atoms with Gasteiger partial charge in [0.25, 0.3) is 5.89 Å². The van der Waals surface area contributed by atoms with Crippen molar-refractivity contribution in [2.75, 3.05) is 6.61 Å². The number of fused-ring (bicyclic) bond motifs is 1. The zero-order valence-corrected chi connectivity index (χ0v) is 15.5. The second-order valence-corrected chi connectivity index (χ2v) is 6.95. The van der Waals surface area contributed by atoms with Gasteiger partial charge in [0.15, 0.2) is 6.61 Å². The Morgan fingerprint density at radius 2 is 1.89 bits per heavy atom. The number of hydrogen-bond donors (Lipinski definition) is 0. The van der Waals surface area contributed by atoms with Crippen LogP contribution in [0.2, 0.25) is 10.0 Å². The third-order valence-corrected chi connectivity index (χ3v) is 4.65. The van der Waals surface area contributed by atoms with Gasteiger partial charge in [-0.05, 0) is 54.4 Å². The molecular weight excluding hydrogens is 391 g/mol. The molecule has 4 rings (SSSR count). The lowest BCUT2D eigenvalue weighted by Gasteiger charge is -2.23. The van der Waals surface area contributed by atoms with Crippen LogP contribution >= 0.6 is 23.2 Å². The fourth-order valence-electron chi connectivity index (χ4n) is 2.79. The Bertz CT molecular complexity index is 972. The lowest BCUT2D eigenvalue weighted by Crippen LogP contribution is -2.29.